The van der Waals surface area contributed by atoms with Gasteiger partial charge in [0.25, 0.3) is 0 Å². The first-order valence-corrected chi connectivity index (χ1v) is 26.4. The van der Waals surface area contributed by atoms with Crippen LogP contribution in [-0.4, -0.2) is 37.2 Å². The van der Waals surface area contributed by atoms with Crippen molar-refractivity contribution in [2.24, 2.45) is 0 Å². The zero-order valence-corrected chi connectivity index (χ0v) is 42.0. The Balaban J connectivity index is 4.53. The van der Waals surface area contributed by atoms with Gasteiger partial charge in [-0.05, 0) is 122 Å². The van der Waals surface area contributed by atoms with Gasteiger partial charge in [0, 0.05) is 19.3 Å². The van der Waals surface area contributed by atoms with Gasteiger partial charge in [0.1, 0.15) is 13.2 Å². The second-order valence-corrected chi connectivity index (χ2v) is 17.0. The summed E-state index contributed by atoms with van der Waals surface area (Å²) in [5.74, 6) is -1.01. The van der Waals surface area contributed by atoms with Crippen molar-refractivity contribution in [3.8, 4) is 0 Å². The van der Waals surface area contributed by atoms with Crippen LogP contribution in [0.5, 0.6) is 0 Å². The molecule has 0 N–H and O–H groups in total. The molecule has 0 aliphatic rings. The highest BCUT2D eigenvalue weighted by atomic mass is 16.6. The van der Waals surface area contributed by atoms with Gasteiger partial charge in [-0.1, -0.05) is 194 Å². The van der Waals surface area contributed by atoms with E-state index in [4.69, 9.17) is 14.2 Å². The van der Waals surface area contributed by atoms with Crippen molar-refractivity contribution >= 4 is 17.9 Å². The van der Waals surface area contributed by atoms with Crippen LogP contribution < -0.4 is 0 Å². The van der Waals surface area contributed by atoms with E-state index in [9.17, 15) is 14.4 Å². The topological polar surface area (TPSA) is 78.9 Å². The molecule has 0 heterocycles. The second kappa shape index (κ2) is 52.7. The van der Waals surface area contributed by atoms with Crippen molar-refractivity contribution in [3.63, 3.8) is 0 Å². The summed E-state index contributed by atoms with van der Waals surface area (Å²) in [5, 5.41) is 0. The molecule has 65 heavy (non-hydrogen) atoms. The van der Waals surface area contributed by atoms with Crippen LogP contribution in [0.3, 0.4) is 0 Å². The van der Waals surface area contributed by atoms with Crippen LogP contribution >= 0.6 is 0 Å². The first-order valence-electron chi connectivity index (χ1n) is 26.4. The Kier molecular flexibility index (Phi) is 49.5. The number of carbonyl (C=O) groups is 3. The molecule has 6 heteroatoms. The fourth-order valence-electron chi connectivity index (χ4n) is 6.77. The third-order valence-corrected chi connectivity index (χ3v) is 10.7. The molecule has 6 nitrogen and oxygen atoms in total. The maximum Gasteiger partial charge on any atom is 0.306 e. The molecule has 0 aliphatic carbocycles. The SMILES string of the molecule is CC/C=C\C/C=C\C/C=C\C/C=C\CCCCCCC(=O)OC[C@H](COC(=O)CCC/C=C\C/C=C\C/C=C\C/C=C\CCCCC)OC(=O)CCCCCCC/C=C\CCCCCC. The summed E-state index contributed by atoms with van der Waals surface area (Å²) in [6.07, 6.45) is 70.7. The minimum atomic E-state index is -0.816. The van der Waals surface area contributed by atoms with E-state index in [1.54, 1.807) is 0 Å². The van der Waals surface area contributed by atoms with Crippen molar-refractivity contribution in [3.05, 3.63) is 109 Å². The number of carbonyl (C=O) groups excluding carboxylic acids is 3. The number of esters is 3. The van der Waals surface area contributed by atoms with Gasteiger partial charge in [0.15, 0.2) is 6.10 Å². The Morgan fingerprint density at radius 3 is 1.05 bits per heavy atom. The molecular weight excluding hydrogens is 805 g/mol. The van der Waals surface area contributed by atoms with Crippen molar-refractivity contribution in [1.82, 2.24) is 0 Å². The van der Waals surface area contributed by atoms with Crippen molar-refractivity contribution in [1.29, 1.82) is 0 Å². The average molecular weight is 901 g/mol. The minimum absolute atomic E-state index is 0.113. The number of hydrogen-bond donors (Lipinski definition) is 0. The van der Waals surface area contributed by atoms with Gasteiger partial charge in [-0.3, -0.25) is 14.4 Å². The number of ether oxygens (including phenoxy) is 3. The molecule has 0 aromatic heterocycles. The predicted molar refractivity (Wildman–Crippen MR) is 279 cm³/mol. The third-order valence-electron chi connectivity index (χ3n) is 10.7. The van der Waals surface area contributed by atoms with Crippen LogP contribution in [0.15, 0.2) is 109 Å². The number of hydrogen-bond acceptors (Lipinski definition) is 6. The monoisotopic (exact) mass is 901 g/mol. The van der Waals surface area contributed by atoms with E-state index in [2.05, 4.69) is 130 Å². The highest BCUT2D eigenvalue weighted by molar-refractivity contribution is 5.71. The molecule has 0 bridgehead atoms. The lowest BCUT2D eigenvalue weighted by atomic mass is 10.1. The Morgan fingerprint density at radius 2 is 0.615 bits per heavy atom. The van der Waals surface area contributed by atoms with E-state index in [1.807, 2.05) is 0 Å². The van der Waals surface area contributed by atoms with Gasteiger partial charge in [-0.2, -0.15) is 0 Å². The van der Waals surface area contributed by atoms with Gasteiger partial charge in [0.05, 0.1) is 0 Å². The minimum Gasteiger partial charge on any atom is -0.462 e. The highest BCUT2D eigenvalue weighted by Gasteiger charge is 2.19. The summed E-state index contributed by atoms with van der Waals surface area (Å²) in [4.78, 5) is 38.0. The maximum atomic E-state index is 12.8. The summed E-state index contributed by atoms with van der Waals surface area (Å²) in [7, 11) is 0. The molecule has 0 amide bonds. The van der Waals surface area contributed by atoms with E-state index in [0.717, 1.165) is 116 Å². The van der Waals surface area contributed by atoms with Crippen molar-refractivity contribution < 1.29 is 28.6 Å². The summed E-state index contributed by atoms with van der Waals surface area (Å²) >= 11 is 0. The Labute approximate surface area is 400 Å². The average Bonchev–Trinajstić information content (AvgIpc) is 3.30. The highest BCUT2D eigenvalue weighted by Crippen LogP contribution is 2.12. The fourth-order valence-corrected chi connectivity index (χ4v) is 6.77. The van der Waals surface area contributed by atoms with Gasteiger partial charge in [-0.25, -0.2) is 0 Å². The van der Waals surface area contributed by atoms with Gasteiger partial charge >= 0.3 is 17.9 Å². The van der Waals surface area contributed by atoms with Gasteiger partial charge in [0.2, 0.25) is 0 Å². The second-order valence-electron chi connectivity index (χ2n) is 17.0. The van der Waals surface area contributed by atoms with E-state index in [1.165, 1.54) is 64.2 Å². The molecule has 0 saturated carbocycles. The van der Waals surface area contributed by atoms with Crippen LogP contribution in [0.2, 0.25) is 0 Å². The number of unbranched alkanes of at least 4 members (excludes halogenated alkanes) is 17. The lowest BCUT2D eigenvalue weighted by Gasteiger charge is -2.18. The molecule has 368 valence electrons. The van der Waals surface area contributed by atoms with E-state index < -0.39 is 6.10 Å². The fraction of sp³-hybridized carbons (Fsp3) is 0.644. The Hall–Kier alpha value is -3.93. The summed E-state index contributed by atoms with van der Waals surface area (Å²) in [6, 6.07) is 0. The molecule has 0 fully saturated rings. The Morgan fingerprint density at radius 1 is 0.323 bits per heavy atom. The predicted octanol–water partition coefficient (Wildman–Crippen LogP) is 17.5. The van der Waals surface area contributed by atoms with Crippen molar-refractivity contribution in [2.45, 2.75) is 232 Å². The normalized spacial score (nSPS) is 13.0. The van der Waals surface area contributed by atoms with Crippen LogP contribution in [0, 0.1) is 0 Å². The summed E-state index contributed by atoms with van der Waals surface area (Å²) in [6.45, 7) is 6.39. The molecule has 0 aromatic rings. The Bertz CT molecular complexity index is 1360. The third kappa shape index (κ3) is 50.9. The molecule has 0 unspecified atom stereocenters. The van der Waals surface area contributed by atoms with Crippen LogP contribution in [0.25, 0.3) is 0 Å². The van der Waals surface area contributed by atoms with E-state index in [-0.39, 0.29) is 37.5 Å². The molecule has 0 spiro atoms. The van der Waals surface area contributed by atoms with Gasteiger partial charge < -0.3 is 14.2 Å². The molecule has 0 aromatic carbocycles. The quantitative estimate of drug-likeness (QED) is 0.0262. The standard InChI is InChI=1S/C59H96O6/c1-4-7-10-13-16-19-22-25-27-29-31-34-36-39-42-45-48-51-57(60)63-54-56(65-59(62)53-50-47-44-41-38-33-24-21-18-15-12-9-6-3)55-64-58(61)52-49-46-43-40-37-35-32-30-28-26-23-20-17-14-11-8-5-2/h7,10,16-17,19-21,24-28,31-32,34-35,40,43,56H,4-6,8-9,11-15,18,22-23,29-30,33,36-39,41-42,44-55H2,1-3H3/b10-7-,19-16-,20-17-,24-21-,27-25-,28-26-,34-31-,35-32-,43-40-/t56-/m1/s1. The molecule has 0 radical (unpaired) electrons. The zero-order valence-electron chi connectivity index (χ0n) is 42.0. The largest absolute Gasteiger partial charge is 0.462 e. The van der Waals surface area contributed by atoms with Crippen LogP contribution in [0.1, 0.15) is 226 Å². The van der Waals surface area contributed by atoms with E-state index in [0.29, 0.717) is 19.3 Å². The van der Waals surface area contributed by atoms with Crippen LogP contribution in [-0.2, 0) is 28.6 Å². The number of allylic oxidation sites excluding steroid dienone is 18. The summed E-state index contributed by atoms with van der Waals surface area (Å²) < 4.78 is 16.7. The summed E-state index contributed by atoms with van der Waals surface area (Å²) in [5.41, 5.74) is 0. The lowest BCUT2D eigenvalue weighted by Crippen LogP contribution is -2.30. The first-order chi connectivity index (χ1) is 32.0. The maximum absolute atomic E-state index is 12.8. The first kappa shape index (κ1) is 61.1. The molecular formula is C59H96O6. The molecule has 0 saturated heterocycles. The lowest BCUT2D eigenvalue weighted by molar-refractivity contribution is -0.167. The smallest absolute Gasteiger partial charge is 0.306 e. The van der Waals surface area contributed by atoms with E-state index >= 15 is 0 Å². The van der Waals surface area contributed by atoms with Crippen molar-refractivity contribution in [2.75, 3.05) is 13.2 Å². The zero-order chi connectivity index (χ0) is 47.2. The molecule has 0 aliphatic heterocycles. The van der Waals surface area contributed by atoms with Gasteiger partial charge in [-0.15, -0.1) is 0 Å². The number of rotatable bonds is 46. The van der Waals surface area contributed by atoms with Crippen LogP contribution in [0.4, 0.5) is 0 Å². The molecule has 0 rings (SSSR count). The molecule has 1 atom stereocenters.